The SMILES string of the molecule is CC(Nc1ccc2c(c1)OCCn1cc(N3C(=O)OCC3C(F)F)nc1-2)C(N)=O.CC1(C)CCC(CN2CCN(c3ccc(C(=O)NS(=O)(=O)c4ccc(NCC5CCOCC5)c([N+](=O)[O-])c4)c(Oc4cnc5[nH]ccc5c4)c3)CC2)=C(c2ccc(Cl)cc2)C1. The van der Waals surface area contributed by atoms with Gasteiger partial charge in [0.1, 0.15) is 59.7 Å². The molecule has 3 aromatic heterocycles. The standard InChI is InChI=1S/C45H50ClN7O7S.C18H19F2N5O4/c1-45(2)15-11-33(39(26-45)31-3-5-34(46)6-4-31)29-51-17-19-52(20-18-51)35-7-9-38(42(24-35)60-36-23-32-12-16-47-43(32)49-28-36)44(54)50-61(57,58)37-8-10-40(41(25-37)53(55)56)48-27-30-13-21-59-22-14-30;1-9(16(21)26)22-10-2-3-11-13(6-10)28-5-4-24-7-14(23-17(11)24)25-12(15(19)20)8-29-18(25)27/h3-10,12,16,23-25,28,30,48H,11,13-15,17-22,26-27,29H2,1-2H3,(H,47,49)(H,50,54);2-3,6-7,9,12,15,22H,4-5,8H2,1H3,(H2,21,26). The molecule has 5 aliphatic rings. The maximum atomic E-state index is 13.9. The van der Waals surface area contributed by atoms with Crippen molar-refractivity contribution in [3.8, 4) is 28.6 Å². The number of sulfonamides is 1. The topological polar surface area (TPSA) is 284 Å². The van der Waals surface area contributed by atoms with Crippen LogP contribution in [0.1, 0.15) is 68.8 Å². The van der Waals surface area contributed by atoms with Crippen molar-refractivity contribution in [2.24, 2.45) is 17.1 Å². The maximum Gasteiger partial charge on any atom is 0.416 e. The van der Waals surface area contributed by atoms with E-state index >= 15 is 0 Å². The molecule has 4 aliphatic heterocycles. The molecular formula is C63H69ClF2N12O11S. The Hall–Kier alpha value is -8.85. The number of nitrogens with zero attached hydrogens (tertiary/aromatic N) is 7. The quantitative estimate of drug-likeness (QED) is 0.0394. The van der Waals surface area contributed by atoms with E-state index in [4.69, 9.17) is 36.3 Å². The van der Waals surface area contributed by atoms with Crippen molar-refractivity contribution in [2.75, 3.05) is 86.1 Å². The minimum Gasteiger partial charge on any atom is -0.491 e. The van der Waals surface area contributed by atoms with Crippen molar-refractivity contribution in [3.05, 3.63) is 141 Å². The minimum atomic E-state index is -4.55. The number of nitro benzene ring substituents is 1. The molecule has 7 aromatic rings. The number of imidazole rings is 1. The highest BCUT2D eigenvalue weighted by Crippen LogP contribution is 2.44. The van der Waals surface area contributed by atoms with E-state index in [0.29, 0.717) is 67.1 Å². The third-order valence-corrected chi connectivity index (χ3v) is 18.4. The van der Waals surface area contributed by atoms with Gasteiger partial charge in [0.05, 0.1) is 33.7 Å². The summed E-state index contributed by atoms with van der Waals surface area (Å²) in [7, 11) is -4.55. The van der Waals surface area contributed by atoms with Crippen LogP contribution in [0.5, 0.6) is 17.2 Å². The van der Waals surface area contributed by atoms with Crippen LogP contribution in [-0.2, 0) is 30.8 Å². The summed E-state index contributed by atoms with van der Waals surface area (Å²) < 4.78 is 80.0. The first-order chi connectivity index (χ1) is 43.1. The number of alkyl halides is 2. The molecule has 474 valence electrons. The Morgan fingerprint density at radius 2 is 1.74 bits per heavy atom. The Kier molecular flexibility index (Phi) is 18.6. The zero-order valence-corrected chi connectivity index (χ0v) is 51.3. The molecule has 2 atom stereocenters. The fraction of sp³-hybridized carbons (Fsp3) is 0.381. The highest BCUT2D eigenvalue weighted by atomic mass is 35.5. The summed E-state index contributed by atoms with van der Waals surface area (Å²) in [4.78, 5) is 65.6. The number of halogens is 3. The number of piperazine rings is 1. The Balaban J connectivity index is 0.000000239. The number of nitrogens with two attached hydrogens (primary N) is 1. The second kappa shape index (κ2) is 26.7. The van der Waals surface area contributed by atoms with Crippen molar-refractivity contribution in [3.63, 3.8) is 0 Å². The Morgan fingerprint density at radius 1 is 0.967 bits per heavy atom. The number of primary amides is 1. The summed E-state index contributed by atoms with van der Waals surface area (Å²) in [6.07, 6.45) is 6.07. The zero-order chi connectivity index (χ0) is 63.4. The number of ether oxygens (including phenoxy) is 4. The molecule has 0 spiro atoms. The number of nitrogens with one attached hydrogen (secondary N) is 4. The predicted molar refractivity (Wildman–Crippen MR) is 336 cm³/mol. The van der Waals surface area contributed by atoms with Gasteiger partial charge in [-0.05, 0) is 122 Å². The number of carbonyl (C=O) groups excluding carboxylic acids is 3. The van der Waals surface area contributed by atoms with Crippen molar-refractivity contribution in [1.29, 1.82) is 0 Å². The number of pyridine rings is 1. The number of aromatic amines is 1. The van der Waals surface area contributed by atoms with E-state index in [1.54, 1.807) is 60.2 Å². The first kappa shape index (κ1) is 62.7. The largest absolute Gasteiger partial charge is 0.491 e. The number of aromatic nitrogens is 4. The molecule has 23 nitrogen and oxygen atoms in total. The molecule has 7 heterocycles. The molecule has 3 fully saturated rings. The van der Waals surface area contributed by atoms with Crippen molar-refractivity contribution in [1.82, 2.24) is 29.1 Å². The number of hydrogen-bond acceptors (Lipinski definition) is 17. The lowest BCUT2D eigenvalue weighted by molar-refractivity contribution is -0.384. The lowest BCUT2D eigenvalue weighted by atomic mass is 9.72. The van der Waals surface area contributed by atoms with E-state index in [9.17, 15) is 41.7 Å². The average Bonchev–Trinajstić information content (AvgIpc) is 1.55. The monoisotopic (exact) mass is 1270 g/mol. The molecule has 0 saturated carbocycles. The number of H-pyrrole nitrogens is 1. The fourth-order valence-electron chi connectivity index (χ4n) is 11.7. The van der Waals surface area contributed by atoms with Crippen molar-refractivity contribution < 1.29 is 55.5 Å². The van der Waals surface area contributed by atoms with E-state index in [-0.39, 0.29) is 40.8 Å². The number of hydrogen-bond donors (Lipinski definition) is 5. The Bertz CT molecular complexity index is 3980. The van der Waals surface area contributed by atoms with Gasteiger partial charge >= 0.3 is 6.09 Å². The summed E-state index contributed by atoms with van der Waals surface area (Å²) in [5, 5.41) is 19.7. The van der Waals surface area contributed by atoms with Crippen LogP contribution >= 0.6 is 11.6 Å². The molecule has 0 bridgehead atoms. The van der Waals surface area contributed by atoms with E-state index in [1.165, 1.54) is 41.2 Å². The summed E-state index contributed by atoms with van der Waals surface area (Å²) >= 11 is 6.24. The molecule has 2 unspecified atom stereocenters. The number of nitro groups is 1. The molecule has 90 heavy (non-hydrogen) atoms. The number of carbonyl (C=O) groups is 3. The summed E-state index contributed by atoms with van der Waals surface area (Å²) in [5.41, 5.74) is 12.1. The van der Waals surface area contributed by atoms with Gasteiger partial charge in [-0.15, -0.1) is 0 Å². The van der Waals surface area contributed by atoms with E-state index in [1.807, 2.05) is 18.2 Å². The van der Waals surface area contributed by atoms with Crippen LogP contribution in [0, 0.1) is 21.4 Å². The lowest BCUT2D eigenvalue weighted by Crippen LogP contribution is -2.47. The molecule has 1 aliphatic carbocycles. The van der Waals surface area contributed by atoms with Gasteiger partial charge in [-0.3, -0.25) is 24.6 Å². The summed E-state index contributed by atoms with van der Waals surface area (Å²) in [5.74, 6) is 0.406. The Labute approximate surface area is 523 Å². The zero-order valence-electron chi connectivity index (χ0n) is 49.8. The second-order valence-corrected chi connectivity index (χ2v) is 25.8. The van der Waals surface area contributed by atoms with Crippen LogP contribution in [-0.4, -0.2) is 140 Å². The Morgan fingerprint density at radius 3 is 2.49 bits per heavy atom. The molecular weight excluding hydrogens is 1210 g/mol. The number of rotatable bonds is 18. The van der Waals surface area contributed by atoms with Gasteiger partial charge in [-0.1, -0.05) is 43.2 Å². The van der Waals surface area contributed by atoms with E-state index < -0.39 is 61.9 Å². The van der Waals surface area contributed by atoms with E-state index in [2.05, 4.69) is 66.1 Å². The molecule has 4 aromatic carbocycles. The molecule has 3 saturated heterocycles. The minimum absolute atomic E-state index is 0.0359. The van der Waals surface area contributed by atoms with Gasteiger partial charge in [0, 0.05) is 105 Å². The number of cyclic esters (lactones) is 1. The third kappa shape index (κ3) is 14.4. The van der Waals surface area contributed by atoms with Crippen LogP contribution in [0.4, 0.5) is 42.1 Å². The number of allylic oxidation sites excluding steroid dienone is 1. The van der Waals surface area contributed by atoms with Crippen LogP contribution < -0.4 is 40.4 Å². The predicted octanol–water partition coefficient (Wildman–Crippen LogP) is 10.5. The van der Waals surface area contributed by atoms with Crippen molar-refractivity contribution >= 4 is 84.7 Å². The smallest absolute Gasteiger partial charge is 0.416 e. The van der Waals surface area contributed by atoms with Crippen LogP contribution in [0.2, 0.25) is 5.02 Å². The summed E-state index contributed by atoms with van der Waals surface area (Å²) in [6, 6.07) is 23.7. The molecule has 3 amide bonds. The van der Waals surface area contributed by atoms with E-state index in [0.717, 1.165) is 91.9 Å². The normalized spacial score (nSPS) is 18.1. The molecule has 6 N–H and O–H groups in total. The molecule has 0 radical (unpaired) electrons. The van der Waals surface area contributed by atoms with Crippen LogP contribution in [0.15, 0.2) is 120 Å². The number of anilines is 4. The highest BCUT2D eigenvalue weighted by molar-refractivity contribution is 7.90. The van der Waals surface area contributed by atoms with Crippen LogP contribution in [0.25, 0.3) is 28.0 Å². The highest BCUT2D eigenvalue weighted by Gasteiger charge is 2.42. The number of benzene rings is 4. The third-order valence-electron chi connectivity index (χ3n) is 16.8. The van der Waals surface area contributed by atoms with Crippen LogP contribution in [0.3, 0.4) is 0 Å². The van der Waals surface area contributed by atoms with Gasteiger partial charge in [0.2, 0.25) is 5.91 Å². The lowest BCUT2D eigenvalue weighted by Gasteiger charge is -2.39. The molecule has 27 heteroatoms. The second-order valence-electron chi connectivity index (χ2n) is 23.7. The average molecular weight is 1280 g/mol. The maximum absolute atomic E-state index is 13.9. The van der Waals surface area contributed by atoms with Gasteiger partial charge in [-0.25, -0.2) is 41.6 Å². The fourth-order valence-corrected chi connectivity index (χ4v) is 12.8. The van der Waals surface area contributed by atoms with Gasteiger partial charge in [-0.2, -0.15) is 0 Å². The number of fused-ring (bicyclic) bond motifs is 4. The first-order valence-corrected chi connectivity index (χ1v) is 31.5. The number of amides is 3. The van der Waals surface area contributed by atoms with Gasteiger partial charge in [0.25, 0.3) is 28.0 Å². The summed E-state index contributed by atoms with van der Waals surface area (Å²) in [6.45, 7) is 12.4. The van der Waals surface area contributed by atoms with Crippen molar-refractivity contribution in [2.45, 2.75) is 82.8 Å². The van der Waals surface area contributed by atoms with Gasteiger partial charge < -0.3 is 49.8 Å². The molecule has 12 rings (SSSR count). The van der Waals surface area contributed by atoms with Gasteiger partial charge in [0.15, 0.2) is 5.82 Å². The first-order valence-electron chi connectivity index (χ1n) is 29.7.